The number of aromatic nitrogens is 2. The first-order valence-electron chi connectivity index (χ1n) is 7.26. The van der Waals surface area contributed by atoms with Crippen LogP contribution in [0.4, 0.5) is 0 Å². The molecule has 1 N–H and O–H groups in total. The summed E-state index contributed by atoms with van der Waals surface area (Å²) in [5.74, 6) is 0. The van der Waals surface area contributed by atoms with E-state index in [9.17, 15) is 0 Å². The number of thiazole rings is 1. The van der Waals surface area contributed by atoms with E-state index in [4.69, 9.17) is 4.98 Å². The molecule has 1 fully saturated rings. The van der Waals surface area contributed by atoms with Crippen molar-refractivity contribution in [1.29, 1.82) is 0 Å². The lowest BCUT2D eigenvalue weighted by atomic mass is 9.93. The highest BCUT2D eigenvalue weighted by molar-refractivity contribution is 9.10. The van der Waals surface area contributed by atoms with Crippen LogP contribution in [0.3, 0.4) is 0 Å². The number of halogens is 1. The Morgan fingerprint density at radius 3 is 2.67 bits per heavy atom. The summed E-state index contributed by atoms with van der Waals surface area (Å²) < 4.78 is 1.01. The molecule has 1 aliphatic carbocycles. The molecule has 1 aliphatic rings. The molecule has 1 atom stereocenters. The number of nitrogens with zero attached hydrogens (tertiary/aromatic N) is 2. The number of hydrogen-bond donors (Lipinski definition) is 1. The molecule has 2 aromatic rings. The molecule has 0 radical (unpaired) electrons. The highest BCUT2D eigenvalue weighted by Crippen LogP contribution is 2.33. The Morgan fingerprint density at radius 2 is 2.10 bits per heavy atom. The van der Waals surface area contributed by atoms with Crippen LogP contribution in [0.15, 0.2) is 28.3 Å². The largest absolute Gasteiger partial charge is 0.301 e. The lowest BCUT2D eigenvalue weighted by Gasteiger charge is -2.18. The van der Waals surface area contributed by atoms with E-state index in [1.54, 1.807) is 11.3 Å². The van der Waals surface area contributed by atoms with Gasteiger partial charge in [0.25, 0.3) is 0 Å². The highest BCUT2D eigenvalue weighted by atomic mass is 79.9. The average Bonchev–Trinajstić information content (AvgIpc) is 3.08. The summed E-state index contributed by atoms with van der Waals surface area (Å²) in [5.41, 5.74) is 2.42. The van der Waals surface area contributed by atoms with Gasteiger partial charge in [-0.3, -0.25) is 4.98 Å². The lowest BCUT2D eigenvalue weighted by Crippen LogP contribution is -2.25. The Morgan fingerprint density at radius 1 is 1.33 bits per heavy atom. The van der Waals surface area contributed by atoms with E-state index in [0.29, 0.717) is 6.04 Å². The normalized spacial score (nSPS) is 17.0. The predicted molar refractivity (Wildman–Crippen MR) is 90.8 cm³/mol. The van der Waals surface area contributed by atoms with Gasteiger partial charge >= 0.3 is 0 Å². The zero-order valence-corrected chi connectivity index (χ0v) is 15.0. The summed E-state index contributed by atoms with van der Waals surface area (Å²) in [6.07, 6.45) is 6.27. The topological polar surface area (TPSA) is 37.8 Å². The molecule has 21 heavy (non-hydrogen) atoms. The fourth-order valence-electron chi connectivity index (χ4n) is 2.15. The Labute approximate surface area is 138 Å². The SMILES string of the molecule is CC(C)(C)c1csc(C(NC2CC2)c2cncc(Br)c2)n1. The summed E-state index contributed by atoms with van der Waals surface area (Å²) in [6, 6.07) is 2.89. The average molecular weight is 366 g/mol. The molecular formula is C16H20BrN3S. The Bertz CT molecular complexity index is 628. The molecule has 3 nitrogen and oxygen atoms in total. The van der Waals surface area contributed by atoms with Gasteiger partial charge in [-0.1, -0.05) is 20.8 Å². The summed E-state index contributed by atoms with van der Waals surface area (Å²) >= 11 is 5.25. The fraction of sp³-hybridized carbons (Fsp3) is 0.500. The second kappa shape index (κ2) is 5.78. The molecule has 1 unspecified atom stereocenters. The maximum atomic E-state index is 4.88. The first kappa shape index (κ1) is 15.1. The first-order valence-corrected chi connectivity index (χ1v) is 8.93. The van der Waals surface area contributed by atoms with Crippen LogP contribution in [0.1, 0.15) is 55.9 Å². The number of nitrogens with one attached hydrogen (secondary N) is 1. The van der Waals surface area contributed by atoms with Crippen LogP contribution in [-0.2, 0) is 5.41 Å². The molecule has 0 spiro atoms. The van der Waals surface area contributed by atoms with Gasteiger partial charge in [0.05, 0.1) is 11.7 Å². The van der Waals surface area contributed by atoms with Crippen LogP contribution in [0.25, 0.3) is 0 Å². The summed E-state index contributed by atoms with van der Waals surface area (Å²) in [7, 11) is 0. The molecular weight excluding hydrogens is 346 g/mol. The third kappa shape index (κ3) is 3.71. The van der Waals surface area contributed by atoms with Crippen molar-refractivity contribution in [2.45, 2.75) is 51.1 Å². The highest BCUT2D eigenvalue weighted by Gasteiger charge is 2.29. The van der Waals surface area contributed by atoms with Crippen molar-refractivity contribution in [2.75, 3.05) is 0 Å². The predicted octanol–water partition coefficient (Wildman–Crippen LogP) is 4.44. The third-order valence-corrected chi connectivity index (χ3v) is 4.92. The van der Waals surface area contributed by atoms with E-state index < -0.39 is 0 Å². The van der Waals surface area contributed by atoms with Crippen molar-refractivity contribution < 1.29 is 0 Å². The van der Waals surface area contributed by atoms with Gasteiger partial charge < -0.3 is 5.32 Å². The van der Waals surface area contributed by atoms with Gasteiger partial charge in [0.1, 0.15) is 5.01 Å². The van der Waals surface area contributed by atoms with E-state index in [-0.39, 0.29) is 11.5 Å². The molecule has 2 heterocycles. The van der Waals surface area contributed by atoms with E-state index >= 15 is 0 Å². The van der Waals surface area contributed by atoms with Crippen LogP contribution >= 0.6 is 27.3 Å². The van der Waals surface area contributed by atoms with Gasteiger partial charge in [0.2, 0.25) is 0 Å². The van der Waals surface area contributed by atoms with Gasteiger partial charge in [-0.2, -0.15) is 0 Å². The van der Waals surface area contributed by atoms with Crippen LogP contribution < -0.4 is 5.32 Å². The van der Waals surface area contributed by atoms with Gasteiger partial charge in [-0.15, -0.1) is 11.3 Å². The zero-order chi connectivity index (χ0) is 15.0. The molecule has 0 aliphatic heterocycles. The maximum Gasteiger partial charge on any atom is 0.114 e. The van der Waals surface area contributed by atoms with Gasteiger partial charge in [-0.25, -0.2) is 4.98 Å². The summed E-state index contributed by atoms with van der Waals surface area (Å²) in [6.45, 7) is 6.61. The fourth-order valence-corrected chi connectivity index (χ4v) is 3.66. The Hall–Kier alpha value is -0.780. The summed E-state index contributed by atoms with van der Waals surface area (Å²) in [4.78, 5) is 9.19. The molecule has 1 saturated carbocycles. The monoisotopic (exact) mass is 365 g/mol. The second-order valence-electron chi connectivity index (χ2n) is 6.63. The Balaban J connectivity index is 1.93. The van der Waals surface area contributed by atoms with Crippen molar-refractivity contribution >= 4 is 27.3 Å². The van der Waals surface area contributed by atoms with Crippen LogP contribution in [0.5, 0.6) is 0 Å². The van der Waals surface area contributed by atoms with Crippen molar-refractivity contribution in [3.05, 3.63) is 44.6 Å². The zero-order valence-electron chi connectivity index (χ0n) is 12.6. The van der Waals surface area contributed by atoms with Crippen molar-refractivity contribution in [2.24, 2.45) is 0 Å². The molecule has 2 aromatic heterocycles. The molecule has 112 valence electrons. The smallest absolute Gasteiger partial charge is 0.114 e. The van der Waals surface area contributed by atoms with E-state index in [0.717, 1.165) is 15.2 Å². The standard InChI is InChI=1S/C16H20BrN3S/c1-16(2,3)13-9-21-15(20-13)14(19-12-4-5-12)10-6-11(17)8-18-7-10/h6-9,12,14,19H,4-5H2,1-3H3. The molecule has 5 heteroatoms. The molecule has 0 saturated heterocycles. The molecule has 3 rings (SSSR count). The minimum atomic E-state index is 0.0917. The van der Waals surface area contributed by atoms with E-state index in [1.165, 1.54) is 18.4 Å². The lowest BCUT2D eigenvalue weighted by molar-refractivity contribution is 0.557. The number of hydrogen-bond acceptors (Lipinski definition) is 4. The van der Waals surface area contributed by atoms with Crippen LogP contribution in [0, 0.1) is 0 Å². The van der Waals surface area contributed by atoms with Crippen molar-refractivity contribution in [3.63, 3.8) is 0 Å². The quantitative estimate of drug-likeness (QED) is 0.869. The number of pyridine rings is 1. The minimum absolute atomic E-state index is 0.0917. The first-order chi connectivity index (χ1) is 9.93. The van der Waals surface area contributed by atoms with Crippen molar-refractivity contribution in [1.82, 2.24) is 15.3 Å². The number of rotatable bonds is 4. The van der Waals surface area contributed by atoms with Crippen LogP contribution in [-0.4, -0.2) is 16.0 Å². The van der Waals surface area contributed by atoms with Gasteiger partial charge in [0, 0.05) is 33.7 Å². The van der Waals surface area contributed by atoms with E-state index in [1.807, 2.05) is 12.4 Å². The van der Waals surface area contributed by atoms with Gasteiger partial charge in [0.15, 0.2) is 0 Å². The molecule has 0 bridgehead atoms. The minimum Gasteiger partial charge on any atom is -0.301 e. The molecule has 0 amide bonds. The molecule has 0 aromatic carbocycles. The summed E-state index contributed by atoms with van der Waals surface area (Å²) in [5, 5.41) is 7.02. The second-order valence-corrected chi connectivity index (χ2v) is 8.44. The van der Waals surface area contributed by atoms with E-state index in [2.05, 4.69) is 58.4 Å². The van der Waals surface area contributed by atoms with Crippen LogP contribution in [0.2, 0.25) is 0 Å². The van der Waals surface area contributed by atoms with Gasteiger partial charge in [-0.05, 0) is 40.4 Å². The Kier molecular flexibility index (Phi) is 4.17. The van der Waals surface area contributed by atoms with Crippen molar-refractivity contribution in [3.8, 4) is 0 Å². The maximum absolute atomic E-state index is 4.88. The third-order valence-electron chi connectivity index (χ3n) is 3.58.